The van der Waals surface area contributed by atoms with Crippen LogP contribution < -0.4 is 4.74 Å². The Morgan fingerprint density at radius 2 is 1.57 bits per heavy atom. The van der Waals surface area contributed by atoms with E-state index in [1.165, 1.54) is 33.6 Å². The van der Waals surface area contributed by atoms with Crippen molar-refractivity contribution in [2.45, 2.75) is 41.5 Å². The van der Waals surface area contributed by atoms with Crippen molar-refractivity contribution in [3.05, 3.63) is 124 Å². The molecule has 2 aliphatic rings. The van der Waals surface area contributed by atoms with Gasteiger partial charge in [-0.25, -0.2) is 4.68 Å². The third-order valence-corrected chi connectivity index (χ3v) is 8.08. The maximum absolute atomic E-state index is 6.61. The molecule has 0 saturated carbocycles. The lowest BCUT2D eigenvalue weighted by Gasteiger charge is -2.24. The Bertz CT molecular complexity index is 1710. The van der Waals surface area contributed by atoms with Crippen molar-refractivity contribution in [1.82, 2.24) is 19.6 Å². The van der Waals surface area contributed by atoms with Crippen LogP contribution in [0.2, 0.25) is 0 Å². The van der Waals surface area contributed by atoms with Crippen LogP contribution in [0.25, 0.3) is 22.5 Å². The van der Waals surface area contributed by atoms with E-state index >= 15 is 0 Å². The molecule has 0 radical (unpaired) electrons. The molecule has 0 fully saturated rings. The molecule has 0 atom stereocenters. The fourth-order valence-electron chi connectivity index (χ4n) is 5.94. The lowest BCUT2D eigenvalue weighted by atomic mass is 9.92. The van der Waals surface area contributed by atoms with E-state index in [4.69, 9.17) is 9.84 Å². The number of allylic oxidation sites excluding steroid dienone is 2. The molecule has 0 spiro atoms. The number of hydrogen-bond donors (Lipinski definition) is 0. The zero-order valence-corrected chi connectivity index (χ0v) is 24.4. The second-order valence-corrected chi connectivity index (χ2v) is 11.0. The first-order valence-corrected chi connectivity index (χ1v) is 13.8. The second-order valence-electron chi connectivity index (χ2n) is 11.0. The summed E-state index contributed by atoms with van der Waals surface area (Å²) in [5, 5.41) is 4.75. The molecule has 0 amide bonds. The third kappa shape index (κ3) is 4.51. The summed E-state index contributed by atoms with van der Waals surface area (Å²) in [7, 11) is 2.13. The zero-order valence-electron chi connectivity index (χ0n) is 24.4. The molecule has 4 aromatic rings. The summed E-state index contributed by atoms with van der Waals surface area (Å²) in [6, 6.07) is 19.3. The van der Waals surface area contributed by atoms with Crippen LogP contribution in [0.5, 0.6) is 11.5 Å². The molecule has 0 bridgehead atoms. The normalized spacial score (nSPS) is 14.4. The molecule has 5 heteroatoms. The smallest absolute Gasteiger partial charge is 0.129 e. The average molecular weight is 529 g/mol. The molecule has 6 rings (SSSR count). The van der Waals surface area contributed by atoms with Gasteiger partial charge in [0, 0.05) is 37.1 Å². The lowest BCUT2D eigenvalue weighted by molar-refractivity contribution is 0.422. The Morgan fingerprint density at radius 3 is 2.27 bits per heavy atom. The SMILES string of the molecule is Cc1cc(C)c(-c2cc(Oc3cccc(-n4nc(C)c(C)c4C)c3)cc(C3=CN4CC=CC=C4N3C)c2)c(C)c1. The van der Waals surface area contributed by atoms with Crippen molar-refractivity contribution >= 4 is 5.70 Å². The largest absolute Gasteiger partial charge is 0.457 e. The minimum absolute atomic E-state index is 0.779. The minimum atomic E-state index is 0.779. The van der Waals surface area contributed by atoms with Crippen LogP contribution in [0.3, 0.4) is 0 Å². The van der Waals surface area contributed by atoms with E-state index in [-0.39, 0.29) is 0 Å². The second kappa shape index (κ2) is 9.91. The van der Waals surface area contributed by atoms with E-state index in [9.17, 15) is 0 Å². The molecule has 2 aliphatic heterocycles. The van der Waals surface area contributed by atoms with Gasteiger partial charge in [-0.15, -0.1) is 0 Å². The predicted molar refractivity (Wildman–Crippen MR) is 164 cm³/mol. The molecule has 3 heterocycles. The summed E-state index contributed by atoms with van der Waals surface area (Å²) >= 11 is 0. The fraction of sp³-hybridized carbons (Fsp3) is 0.229. The summed E-state index contributed by atoms with van der Waals surface area (Å²) in [4.78, 5) is 4.54. The van der Waals surface area contributed by atoms with Gasteiger partial charge in [0.15, 0.2) is 0 Å². The maximum Gasteiger partial charge on any atom is 0.129 e. The Labute approximate surface area is 237 Å². The quantitative estimate of drug-likeness (QED) is 0.262. The first kappa shape index (κ1) is 25.8. The van der Waals surface area contributed by atoms with Gasteiger partial charge in [0.2, 0.25) is 0 Å². The summed E-state index contributed by atoms with van der Waals surface area (Å²) in [6.45, 7) is 13.7. The topological polar surface area (TPSA) is 33.5 Å². The Kier molecular flexibility index (Phi) is 6.38. The predicted octanol–water partition coefficient (Wildman–Crippen LogP) is 8.14. The summed E-state index contributed by atoms with van der Waals surface area (Å²) in [5.41, 5.74) is 12.9. The van der Waals surface area contributed by atoms with Crippen molar-refractivity contribution in [2.75, 3.05) is 13.6 Å². The molecule has 1 aromatic heterocycles. The molecular weight excluding hydrogens is 492 g/mol. The van der Waals surface area contributed by atoms with Crippen LogP contribution in [0.4, 0.5) is 0 Å². The summed E-state index contributed by atoms with van der Waals surface area (Å²) in [6.07, 6.45) is 8.70. The molecule has 0 N–H and O–H groups in total. The lowest BCUT2D eigenvalue weighted by Crippen LogP contribution is -2.22. The van der Waals surface area contributed by atoms with Crippen LogP contribution >= 0.6 is 0 Å². The summed E-state index contributed by atoms with van der Waals surface area (Å²) in [5.74, 6) is 2.77. The molecule has 0 unspecified atom stereocenters. The average Bonchev–Trinajstić information content (AvgIpc) is 3.39. The summed E-state index contributed by atoms with van der Waals surface area (Å²) < 4.78 is 8.60. The number of rotatable bonds is 5. The Hall–Kier alpha value is -4.51. The third-order valence-electron chi connectivity index (χ3n) is 8.08. The van der Waals surface area contributed by atoms with Crippen LogP contribution in [0.15, 0.2) is 84.8 Å². The first-order chi connectivity index (χ1) is 19.2. The van der Waals surface area contributed by atoms with Gasteiger partial charge >= 0.3 is 0 Å². The molecule has 0 aliphatic carbocycles. The van der Waals surface area contributed by atoms with Gasteiger partial charge in [-0.1, -0.05) is 35.9 Å². The van der Waals surface area contributed by atoms with Crippen LogP contribution in [0, 0.1) is 41.5 Å². The first-order valence-electron chi connectivity index (χ1n) is 13.8. The zero-order chi connectivity index (χ0) is 28.1. The van der Waals surface area contributed by atoms with Crippen molar-refractivity contribution in [3.63, 3.8) is 0 Å². The van der Waals surface area contributed by atoms with Crippen molar-refractivity contribution < 1.29 is 4.74 Å². The monoisotopic (exact) mass is 528 g/mol. The number of aromatic nitrogens is 2. The highest BCUT2D eigenvalue weighted by Gasteiger charge is 2.26. The highest BCUT2D eigenvalue weighted by molar-refractivity contribution is 5.79. The Morgan fingerprint density at radius 1 is 0.825 bits per heavy atom. The van der Waals surface area contributed by atoms with Crippen molar-refractivity contribution in [3.8, 4) is 28.3 Å². The van der Waals surface area contributed by atoms with Crippen molar-refractivity contribution in [2.24, 2.45) is 0 Å². The van der Waals surface area contributed by atoms with E-state index < -0.39 is 0 Å². The van der Waals surface area contributed by atoms with E-state index in [0.29, 0.717) is 0 Å². The molecule has 5 nitrogen and oxygen atoms in total. The number of benzene rings is 3. The minimum Gasteiger partial charge on any atom is -0.457 e. The van der Waals surface area contributed by atoms with E-state index in [1.807, 2.05) is 16.8 Å². The number of hydrogen-bond acceptors (Lipinski definition) is 4. The number of fused-ring (bicyclic) bond motifs is 1. The van der Waals surface area contributed by atoms with Gasteiger partial charge in [-0.2, -0.15) is 5.10 Å². The van der Waals surface area contributed by atoms with Gasteiger partial charge in [0.05, 0.1) is 17.1 Å². The maximum atomic E-state index is 6.61. The Balaban J connectivity index is 1.44. The highest BCUT2D eigenvalue weighted by atomic mass is 16.5. The van der Waals surface area contributed by atoms with Gasteiger partial charge in [0.25, 0.3) is 0 Å². The number of nitrogens with zero attached hydrogens (tertiary/aromatic N) is 4. The van der Waals surface area contributed by atoms with Crippen LogP contribution in [-0.4, -0.2) is 33.2 Å². The van der Waals surface area contributed by atoms with Crippen LogP contribution in [0.1, 0.15) is 39.2 Å². The fourth-order valence-corrected chi connectivity index (χ4v) is 5.94. The van der Waals surface area contributed by atoms with E-state index in [1.54, 1.807) is 0 Å². The number of ether oxygens (including phenoxy) is 1. The van der Waals surface area contributed by atoms with Gasteiger partial charge in [0.1, 0.15) is 17.3 Å². The van der Waals surface area contributed by atoms with Gasteiger partial charge in [-0.3, -0.25) is 0 Å². The molecule has 3 aromatic carbocycles. The van der Waals surface area contributed by atoms with Gasteiger partial charge in [-0.05, 0) is 106 Å². The highest BCUT2D eigenvalue weighted by Crippen LogP contribution is 2.39. The number of aryl methyl sites for hydroxylation is 4. The molecule has 0 saturated heterocycles. The standard InChI is InChI=1S/C35H36N4O/c1-22-15-23(2)35(24(3)16-22)29-17-28(33-21-38-14-9-8-13-34(38)37(33)7)18-32(19-29)40-31-12-10-11-30(20-31)39-27(6)25(4)26(5)36-39/h8-13,15-21H,14H2,1-7H3. The van der Waals surface area contributed by atoms with E-state index in [2.05, 4.69) is 125 Å². The van der Waals surface area contributed by atoms with Gasteiger partial charge < -0.3 is 14.5 Å². The molecule has 40 heavy (non-hydrogen) atoms. The molecular formula is C35H36N4O. The van der Waals surface area contributed by atoms with Crippen molar-refractivity contribution in [1.29, 1.82) is 0 Å². The molecule has 202 valence electrons. The van der Waals surface area contributed by atoms with E-state index in [0.717, 1.165) is 51.9 Å². The van der Waals surface area contributed by atoms with Crippen LogP contribution in [-0.2, 0) is 0 Å².